The van der Waals surface area contributed by atoms with Gasteiger partial charge in [0.05, 0.1) is 5.56 Å². The van der Waals surface area contributed by atoms with E-state index in [9.17, 15) is 9.90 Å². The third-order valence-corrected chi connectivity index (χ3v) is 3.31. The van der Waals surface area contributed by atoms with Gasteiger partial charge < -0.3 is 15.3 Å². The van der Waals surface area contributed by atoms with Crippen molar-refractivity contribution in [3.8, 4) is 5.75 Å². The standard InChI is InChI=1S/C14H20N2O2/c1-11-4-5-12(13(17)10-11)14(18)15-6-9-16-7-2-3-8-16/h4-5,10,17H,2-3,6-9H2,1H3,(H,15,18). The molecule has 1 aromatic carbocycles. The van der Waals surface area contributed by atoms with Crippen LogP contribution in [0.5, 0.6) is 5.75 Å². The molecular weight excluding hydrogens is 228 g/mol. The minimum absolute atomic E-state index is 0.0497. The lowest BCUT2D eigenvalue weighted by molar-refractivity contribution is 0.0947. The van der Waals surface area contributed by atoms with Gasteiger partial charge in [-0.3, -0.25) is 4.79 Å². The van der Waals surface area contributed by atoms with E-state index in [0.29, 0.717) is 12.1 Å². The van der Waals surface area contributed by atoms with Crippen LogP contribution in [0.25, 0.3) is 0 Å². The largest absolute Gasteiger partial charge is 0.507 e. The van der Waals surface area contributed by atoms with Gasteiger partial charge in [0, 0.05) is 13.1 Å². The molecule has 1 amide bonds. The number of carbonyl (C=O) groups is 1. The van der Waals surface area contributed by atoms with Gasteiger partial charge >= 0.3 is 0 Å². The summed E-state index contributed by atoms with van der Waals surface area (Å²) in [5.74, 6) is -0.152. The molecule has 1 aliphatic heterocycles. The summed E-state index contributed by atoms with van der Waals surface area (Å²) in [7, 11) is 0. The van der Waals surface area contributed by atoms with Crippen molar-refractivity contribution < 1.29 is 9.90 Å². The number of aromatic hydroxyl groups is 1. The number of hydrogen-bond donors (Lipinski definition) is 2. The predicted molar refractivity (Wildman–Crippen MR) is 70.9 cm³/mol. The summed E-state index contributed by atoms with van der Waals surface area (Å²) in [6, 6.07) is 5.10. The Hall–Kier alpha value is -1.55. The molecule has 4 heteroatoms. The Labute approximate surface area is 108 Å². The maximum Gasteiger partial charge on any atom is 0.255 e. The normalized spacial score (nSPS) is 15.8. The molecule has 98 valence electrons. The summed E-state index contributed by atoms with van der Waals surface area (Å²) in [6.07, 6.45) is 2.51. The van der Waals surface area contributed by atoms with E-state index in [4.69, 9.17) is 0 Å². The van der Waals surface area contributed by atoms with E-state index in [1.54, 1.807) is 12.1 Å². The Balaban J connectivity index is 1.83. The Morgan fingerprint density at radius 2 is 2.11 bits per heavy atom. The van der Waals surface area contributed by atoms with E-state index < -0.39 is 0 Å². The maximum atomic E-state index is 11.9. The van der Waals surface area contributed by atoms with E-state index in [1.807, 2.05) is 13.0 Å². The molecule has 0 aromatic heterocycles. The molecule has 0 radical (unpaired) electrons. The van der Waals surface area contributed by atoms with Crippen LogP contribution in [0.15, 0.2) is 18.2 Å². The molecule has 0 saturated carbocycles. The highest BCUT2D eigenvalue weighted by Gasteiger charge is 2.13. The van der Waals surface area contributed by atoms with Crippen molar-refractivity contribution in [1.82, 2.24) is 10.2 Å². The number of nitrogens with one attached hydrogen (secondary N) is 1. The van der Waals surface area contributed by atoms with E-state index >= 15 is 0 Å². The highest BCUT2D eigenvalue weighted by Crippen LogP contribution is 2.18. The van der Waals surface area contributed by atoms with Gasteiger partial charge in [-0.05, 0) is 50.6 Å². The van der Waals surface area contributed by atoms with Gasteiger partial charge in [0.1, 0.15) is 5.75 Å². The number of benzene rings is 1. The summed E-state index contributed by atoms with van der Waals surface area (Å²) in [6.45, 7) is 5.66. The zero-order valence-electron chi connectivity index (χ0n) is 10.8. The lowest BCUT2D eigenvalue weighted by Crippen LogP contribution is -2.33. The van der Waals surface area contributed by atoms with Crippen LogP contribution in [0, 0.1) is 6.92 Å². The predicted octanol–water partition coefficient (Wildman–Crippen LogP) is 1.53. The summed E-state index contributed by atoms with van der Waals surface area (Å²) < 4.78 is 0. The first-order valence-electron chi connectivity index (χ1n) is 6.47. The Bertz CT molecular complexity index is 426. The monoisotopic (exact) mass is 248 g/mol. The van der Waals surface area contributed by atoms with E-state index in [2.05, 4.69) is 10.2 Å². The number of amides is 1. The summed E-state index contributed by atoms with van der Waals surface area (Å²) in [4.78, 5) is 14.2. The second-order valence-corrected chi connectivity index (χ2v) is 4.83. The Morgan fingerprint density at radius 1 is 1.39 bits per heavy atom. The van der Waals surface area contributed by atoms with Crippen molar-refractivity contribution >= 4 is 5.91 Å². The van der Waals surface area contributed by atoms with Gasteiger partial charge in [0.25, 0.3) is 5.91 Å². The molecule has 1 fully saturated rings. The molecule has 0 bridgehead atoms. The number of carbonyl (C=O) groups excluding carboxylic acids is 1. The van der Waals surface area contributed by atoms with Crippen LogP contribution in [0.2, 0.25) is 0 Å². The molecule has 18 heavy (non-hydrogen) atoms. The van der Waals surface area contributed by atoms with Crippen molar-refractivity contribution in [3.63, 3.8) is 0 Å². The molecular formula is C14H20N2O2. The Morgan fingerprint density at radius 3 is 2.78 bits per heavy atom. The number of phenolic OH excluding ortho intramolecular Hbond substituents is 1. The Kier molecular flexibility index (Phi) is 4.20. The van der Waals surface area contributed by atoms with Crippen LogP contribution >= 0.6 is 0 Å². The SMILES string of the molecule is Cc1ccc(C(=O)NCCN2CCCC2)c(O)c1. The molecule has 1 heterocycles. The van der Waals surface area contributed by atoms with Crippen molar-refractivity contribution in [1.29, 1.82) is 0 Å². The van der Waals surface area contributed by atoms with Crippen LogP contribution in [-0.4, -0.2) is 42.1 Å². The average Bonchev–Trinajstić information content (AvgIpc) is 2.81. The van der Waals surface area contributed by atoms with Crippen molar-refractivity contribution in [2.24, 2.45) is 0 Å². The third kappa shape index (κ3) is 3.23. The number of phenols is 1. The zero-order valence-corrected chi connectivity index (χ0v) is 10.8. The van der Waals surface area contributed by atoms with Gasteiger partial charge in [-0.2, -0.15) is 0 Å². The van der Waals surface area contributed by atoms with Gasteiger partial charge in [-0.1, -0.05) is 6.07 Å². The second-order valence-electron chi connectivity index (χ2n) is 4.83. The number of hydrogen-bond acceptors (Lipinski definition) is 3. The lowest BCUT2D eigenvalue weighted by Gasteiger charge is -2.15. The molecule has 0 aliphatic carbocycles. The fourth-order valence-corrected chi connectivity index (χ4v) is 2.26. The van der Waals surface area contributed by atoms with Crippen LogP contribution in [0.3, 0.4) is 0 Å². The molecule has 1 aliphatic rings. The smallest absolute Gasteiger partial charge is 0.255 e. The zero-order chi connectivity index (χ0) is 13.0. The first-order valence-corrected chi connectivity index (χ1v) is 6.47. The summed E-state index contributed by atoms with van der Waals surface area (Å²) in [5.41, 5.74) is 1.29. The van der Waals surface area contributed by atoms with Crippen molar-refractivity contribution in [3.05, 3.63) is 29.3 Å². The van der Waals surface area contributed by atoms with Crippen LogP contribution in [0.4, 0.5) is 0 Å². The van der Waals surface area contributed by atoms with Gasteiger partial charge in [0.2, 0.25) is 0 Å². The van der Waals surface area contributed by atoms with E-state index in [-0.39, 0.29) is 11.7 Å². The van der Waals surface area contributed by atoms with Crippen molar-refractivity contribution in [2.45, 2.75) is 19.8 Å². The first-order chi connectivity index (χ1) is 8.66. The van der Waals surface area contributed by atoms with Crippen LogP contribution in [-0.2, 0) is 0 Å². The molecule has 0 unspecified atom stereocenters. The van der Waals surface area contributed by atoms with E-state index in [0.717, 1.165) is 25.2 Å². The van der Waals surface area contributed by atoms with Gasteiger partial charge in [-0.25, -0.2) is 0 Å². The fraction of sp³-hybridized carbons (Fsp3) is 0.500. The molecule has 4 nitrogen and oxygen atoms in total. The summed E-state index contributed by atoms with van der Waals surface area (Å²) in [5, 5.41) is 12.5. The van der Waals surface area contributed by atoms with Crippen LogP contribution < -0.4 is 5.32 Å². The number of nitrogens with zero attached hydrogens (tertiary/aromatic N) is 1. The van der Waals surface area contributed by atoms with E-state index in [1.165, 1.54) is 12.8 Å². The summed E-state index contributed by atoms with van der Waals surface area (Å²) >= 11 is 0. The quantitative estimate of drug-likeness (QED) is 0.849. The fourth-order valence-electron chi connectivity index (χ4n) is 2.26. The molecule has 0 atom stereocenters. The number of rotatable bonds is 4. The number of aryl methyl sites for hydroxylation is 1. The first kappa shape index (κ1) is 12.9. The van der Waals surface area contributed by atoms with Gasteiger partial charge in [0.15, 0.2) is 0 Å². The highest BCUT2D eigenvalue weighted by molar-refractivity contribution is 5.96. The average molecular weight is 248 g/mol. The third-order valence-electron chi connectivity index (χ3n) is 3.31. The van der Waals surface area contributed by atoms with Gasteiger partial charge in [-0.15, -0.1) is 0 Å². The van der Waals surface area contributed by atoms with Crippen molar-refractivity contribution in [2.75, 3.05) is 26.2 Å². The molecule has 2 N–H and O–H groups in total. The molecule has 1 aromatic rings. The minimum Gasteiger partial charge on any atom is -0.507 e. The minimum atomic E-state index is -0.202. The van der Waals surface area contributed by atoms with Crippen LogP contribution in [0.1, 0.15) is 28.8 Å². The highest BCUT2D eigenvalue weighted by atomic mass is 16.3. The maximum absolute atomic E-state index is 11.9. The lowest BCUT2D eigenvalue weighted by atomic mass is 10.1. The molecule has 0 spiro atoms. The second kappa shape index (κ2) is 5.87. The topological polar surface area (TPSA) is 52.6 Å². The molecule has 2 rings (SSSR count). The molecule has 1 saturated heterocycles. The number of likely N-dealkylation sites (tertiary alicyclic amines) is 1.